The van der Waals surface area contributed by atoms with Crippen molar-refractivity contribution in [3.8, 4) is 0 Å². The maximum absolute atomic E-state index is 12.4. The summed E-state index contributed by atoms with van der Waals surface area (Å²) >= 11 is 0. The van der Waals surface area contributed by atoms with Crippen LogP contribution in [0.4, 0.5) is 39.5 Å². The van der Waals surface area contributed by atoms with Crippen molar-refractivity contribution in [2.24, 2.45) is 0 Å². The predicted octanol–water partition coefficient (Wildman–Crippen LogP) is 3.95. The second-order valence-electron chi connectivity index (χ2n) is 5.11. The van der Waals surface area contributed by atoms with E-state index in [1.54, 1.807) is 6.07 Å². The van der Waals surface area contributed by atoms with E-state index < -0.39 is 53.9 Å². The Hall–Kier alpha value is -1.35. The molecule has 156 valence electrons. The SMILES string of the molecule is FC(F)(F)CO[Si](NCc1ccccc1)(OCC(F)(F)F)OCC(F)(F)F. The maximum Gasteiger partial charge on any atom is 0.598 e. The molecule has 1 aromatic rings. The van der Waals surface area contributed by atoms with Crippen molar-refractivity contribution in [2.45, 2.75) is 25.1 Å². The third-order valence-corrected chi connectivity index (χ3v) is 4.81. The molecule has 0 bridgehead atoms. The van der Waals surface area contributed by atoms with Gasteiger partial charge in [-0.1, -0.05) is 30.3 Å². The van der Waals surface area contributed by atoms with Gasteiger partial charge < -0.3 is 13.3 Å². The summed E-state index contributed by atoms with van der Waals surface area (Å²) in [5.74, 6) is 0. The Kier molecular flexibility index (Phi) is 8.09. The smallest absolute Gasteiger partial charge is 0.352 e. The molecule has 0 saturated carbocycles. The van der Waals surface area contributed by atoms with Crippen LogP contribution < -0.4 is 4.98 Å². The fourth-order valence-electron chi connectivity index (χ4n) is 1.61. The lowest BCUT2D eigenvalue weighted by atomic mass is 10.2. The van der Waals surface area contributed by atoms with Crippen LogP contribution in [-0.4, -0.2) is 47.3 Å². The zero-order chi connectivity index (χ0) is 20.8. The first-order valence-electron chi connectivity index (χ1n) is 7.11. The molecule has 0 heterocycles. The summed E-state index contributed by atoms with van der Waals surface area (Å²) in [5.41, 5.74) is 0.344. The molecule has 0 fully saturated rings. The number of alkyl halides is 9. The van der Waals surface area contributed by atoms with Gasteiger partial charge in [0.15, 0.2) is 0 Å². The summed E-state index contributed by atoms with van der Waals surface area (Å²) in [6, 6.07) is 7.45. The Bertz CT molecular complexity index is 517. The Morgan fingerprint density at radius 2 is 1.04 bits per heavy atom. The van der Waals surface area contributed by atoms with Crippen molar-refractivity contribution in [1.82, 2.24) is 4.98 Å². The topological polar surface area (TPSA) is 39.7 Å². The number of hydrogen-bond donors (Lipinski definition) is 1. The van der Waals surface area contributed by atoms with Crippen molar-refractivity contribution < 1.29 is 52.8 Å². The molecule has 4 nitrogen and oxygen atoms in total. The highest BCUT2D eigenvalue weighted by Gasteiger charge is 2.50. The molecule has 0 aromatic heterocycles. The molecule has 0 amide bonds. The number of halogens is 9. The van der Waals surface area contributed by atoms with E-state index in [1.807, 2.05) is 4.98 Å². The van der Waals surface area contributed by atoms with Crippen LogP contribution in [0.25, 0.3) is 0 Å². The van der Waals surface area contributed by atoms with Crippen LogP contribution in [0.1, 0.15) is 5.56 Å². The minimum atomic E-state index is -5.22. The van der Waals surface area contributed by atoms with Gasteiger partial charge in [-0.2, -0.15) is 39.5 Å². The van der Waals surface area contributed by atoms with E-state index in [-0.39, 0.29) is 0 Å². The van der Waals surface area contributed by atoms with E-state index in [2.05, 4.69) is 13.3 Å². The van der Waals surface area contributed by atoms with Gasteiger partial charge in [0.1, 0.15) is 19.8 Å². The first-order valence-corrected chi connectivity index (χ1v) is 8.83. The van der Waals surface area contributed by atoms with E-state index in [0.717, 1.165) is 0 Å². The van der Waals surface area contributed by atoms with Gasteiger partial charge in [0, 0.05) is 6.54 Å². The second kappa shape index (κ2) is 9.23. The number of benzene rings is 1. The standard InChI is InChI=1S/C13H14F9NO3Si/c14-11(15,16)7-24-27(25-8-12(17,18)19,26-9-13(20,21)22)23-6-10-4-2-1-3-5-10/h1-5,23H,6-9H2. The quantitative estimate of drug-likeness (QED) is 0.475. The molecule has 1 aromatic carbocycles. The van der Waals surface area contributed by atoms with Gasteiger partial charge in [0.2, 0.25) is 0 Å². The van der Waals surface area contributed by atoms with Crippen LogP contribution in [0.15, 0.2) is 30.3 Å². The minimum absolute atomic E-state index is 0.344. The highest BCUT2D eigenvalue weighted by molar-refractivity contribution is 6.57. The van der Waals surface area contributed by atoms with Crippen molar-refractivity contribution in [1.29, 1.82) is 0 Å². The van der Waals surface area contributed by atoms with Gasteiger partial charge in [0.25, 0.3) is 0 Å². The molecule has 0 aliphatic heterocycles. The Morgan fingerprint density at radius 3 is 1.37 bits per heavy atom. The van der Waals surface area contributed by atoms with Crippen LogP contribution in [0.5, 0.6) is 0 Å². The van der Waals surface area contributed by atoms with Crippen LogP contribution in [0.2, 0.25) is 0 Å². The average Bonchev–Trinajstić information content (AvgIpc) is 2.52. The molecular formula is C13H14F9NO3Si. The van der Waals surface area contributed by atoms with Gasteiger partial charge in [-0.15, -0.1) is 0 Å². The lowest BCUT2D eigenvalue weighted by Gasteiger charge is -2.30. The predicted molar refractivity (Wildman–Crippen MR) is 75.1 cm³/mol. The zero-order valence-corrected chi connectivity index (χ0v) is 14.3. The van der Waals surface area contributed by atoms with Crippen molar-refractivity contribution in [3.05, 3.63) is 35.9 Å². The molecular weight excluding hydrogens is 417 g/mol. The van der Waals surface area contributed by atoms with E-state index in [1.165, 1.54) is 24.3 Å². The Labute approximate surface area is 148 Å². The van der Waals surface area contributed by atoms with Crippen molar-refractivity contribution >= 4 is 8.97 Å². The Balaban J connectivity index is 3.02. The van der Waals surface area contributed by atoms with Crippen molar-refractivity contribution in [2.75, 3.05) is 19.8 Å². The summed E-state index contributed by atoms with van der Waals surface area (Å²) in [4.78, 5) is 2.04. The highest BCUT2D eigenvalue weighted by Crippen LogP contribution is 2.24. The molecule has 0 radical (unpaired) electrons. The second-order valence-corrected chi connectivity index (χ2v) is 7.44. The third-order valence-electron chi connectivity index (χ3n) is 2.63. The number of nitrogens with one attached hydrogen (secondary N) is 1. The number of hydrogen-bond acceptors (Lipinski definition) is 4. The monoisotopic (exact) mass is 431 g/mol. The fourth-order valence-corrected chi connectivity index (χ4v) is 3.65. The zero-order valence-electron chi connectivity index (χ0n) is 13.3. The molecule has 0 aliphatic carbocycles. The van der Waals surface area contributed by atoms with Crippen molar-refractivity contribution in [3.63, 3.8) is 0 Å². The minimum Gasteiger partial charge on any atom is -0.352 e. The van der Waals surface area contributed by atoms with E-state index in [0.29, 0.717) is 5.56 Å². The molecule has 14 heteroatoms. The fraction of sp³-hybridized carbons (Fsp3) is 0.538. The lowest BCUT2D eigenvalue weighted by molar-refractivity contribution is -0.196. The molecule has 0 aliphatic rings. The molecule has 27 heavy (non-hydrogen) atoms. The summed E-state index contributed by atoms with van der Waals surface area (Å²) in [6.07, 6.45) is -15.1. The molecule has 1 rings (SSSR count). The van der Waals surface area contributed by atoms with Gasteiger partial charge in [-0.3, -0.25) is 4.98 Å². The van der Waals surface area contributed by atoms with Crippen LogP contribution >= 0.6 is 0 Å². The highest BCUT2D eigenvalue weighted by atomic mass is 28.4. The molecule has 0 atom stereocenters. The first-order chi connectivity index (χ1) is 12.2. The molecule has 0 unspecified atom stereocenters. The Morgan fingerprint density at radius 1 is 0.667 bits per heavy atom. The van der Waals surface area contributed by atoms with Crippen LogP contribution in [-0.2, 0) is 19.8 Å². The maximum atomic E-state index is 12.4. The van der Waals surface area contributed by atoms with E-state index in [4.69, 9.17) is 0 Å². The number of rotatable bonds is 9. The largest absolute Gasteiger partial charge is 0.598 e. The van der Waals surface area contributed by atoms with Crippen LogP contribution in [0, 0.1) is 0 Å². The van der Waals surface area contributed by atoms with Crippen LogP contribution in [0.3, 0.4) is 0 Å². The summed E-state index contributed by atoms with van der Waals surface area (Å²) < 4.78 is 124. The van der Waals surface area contributed by atoms with E-state index >= 15 is 0 Å². The normalized spacial score (nSPS) is 13.8. The van der Waals surface area contributed by atoms with Gasteiger partial charge in [-0.05, 0) is 5.56 Å². The third kappa shape index (κ3) is 11.2. The summed E-state index contributed by atoms with van der Waals surface area (Å²) in [7, 11) is -5.22. The van der Waals surface area contributed by atoms with Gasteiger partial charge in [0.05, 0.1) is 0 Å². The molecule has 1 N–H and O–H groups in total. The van der Waals surface area contributed by atoms with E-state index in [9.17, 15) is 39.5 Å². The first kappa shape index (κ1) is 23.7. The summed E-state index contributed by atoms with van der Waals surface area (Å²) in [6.45, 7) is -6.91. The summed E-state index contributed by atoms with van der Waals surface area (Å²) in [5, 5.41) is 0. The lowest BCUT2D eigenvalue weighted by Crippen LogP contribution is -2.61. The van der Waals surface area contributed by atoms with Gasteiger partial charge in [-0.25, -0.2) is 0 Å². The average molecular weight is 431 g/mol. The molecule has 0 saturated heterocycles. The molecule has 0 spiro atoms. The van der Waals surface area contributed by atoms with Gasteiger partial charge >= 0.3 is 27.5 Å².